The number of rotatable bonds is 2. The number of fused-ring (bicyclic) bond motifs is 1. The Morgan fingerprint density at radius 2 is 2.24 bits per heavy atom. The minimum absolute atomic E-state index is 0.143. The molecule has 4 heteroatoms. The largest absolute Gasteiger partial charge is 0.463 e. The van der Waals surface area contributed by atoms with Crippen molar-refractivity contribution in [2.24, 2.45) is 0 Å². The molecule has 0 N–H and O–H groups in total. The predicted molar refractivity (Wildman–Crippen MR) is 66.9 cm³/mol. The molecule has 2 rings (SSSR count). The Balaban J connectivity index is 2.33. The summed E-state index contributed by atoms with van der Waals surface area (Å²) in [6.45, 7) is 2.06. The molecule has 88 valence electrons. The number of ketones is 1. The summed E-state index contributed by atoms with van der Waals surface area (Å²) >= 11 is 3.32. The molecule has 0 saturated carbocycles. The van der Waals surface area contributed by atoms with Crippen LogP contribution in [0.2, 0.25) is 0 Å². The Morgan fingerprint density at radius 1 is 1.47 bits per heavy atom. The molecule has 1 aromatic rings. The Hall–Kier alpha value is -1.42. The zero-order valence-electron chi connectivity index (χ0n) is 9.33. The van der Waals surface area contributed by atoms with Crippen molar-refractivity contribution in [3.63, 3.8) is 0 Å². The number of ether oxygens (including phenoxy) is 1. The SMILES string of the molecule is CCOC(=O)C1=CC(=O)c2cc(Br)ccc2C1. The van der Waals surface area contributed by atoms with E-state index in [2.05, 4.69) is 15.9 Å². The summed E-state index contributed by atoms with van der Waals surface area (Å²) in [4.78, 5) is 23.4. The zero-order valence-corrected chi connectivity index (χ0v) is 10.9. The van der Waals surface area contributed by atoms with Gasteiger partial charge in [0.15, 0.2) is 5.78 Å². The summed E-state index contributed by atoms with van der Waals surface area (Å²) in [7, 11) is 0. The molecular weight excluding hydrogens is 284 g/mol. The minimum atomic E-state index is -0.408. The van der Waals surface area contributed by atoms with Crippen LogP contribution in [0.1, 0.15) is 22.8 Å². The van der Waals surface area contributed by atoms with Gasteiger partial charge in [0.05, 0.1) is 6.61 Å². The number of hydrogen-bond donors (Lipinski definition) is 0. The highest BCUT2D eigenvalue weighted by Gasteiger charge is 2.22. The number of allylic oxidation sites excluding steroid dienone is 1. The van der Waals surface area contributed by atoms with E-state index in [1.165, 1.54) is 6.08 Å². The second-order valence-electron chi connectivity index (χ2n) is 3.73. The fourth-order valence-electron chi connectivity index (χ4n) is 1.78. The fraction of sp³-hybridized carbons (Fsp3) is 0.231. The van der Waals surface area contributed by atoms with Gasteiger partial charge in [-0.25, -0.2) is 4.79 Å². The number of benzene rings is 1. The molecule has 0 fully saturated rings. The van der Waals surface area contributed by atoms with E-state index in [1.807, 2.05) is 12.1 Å². The molecule has 1 aliphatic carbocycles. The average molecular weight is 295 g/mol. The quantitative estimate of drug-likeness (QED) is 0.788. The lowest BCUT2D eigenvalue weighted by Gasteiger charge is -2.15. The van der Waals surface area contributed by atoms with E-state index in [9.17, 15) is 9.59 Å². The van der Waals surface area contributed by atoms with Crippen molar-refractivity contribution in [1.82, 2.24) is 0 Å². The summed E-state index contributed by atoms with van der Waals surface area (Å²) in [5.41, 5.74) is 1.93. The number of hydrogen-bond acceptors (Lipinski definition) is 3. The maximum Gasteiger partial charge on any atom is 0.334 e. The van der Waals surface area contributed by atoms with Gasteiger partial charge in [-0.1, -0.05) is 22.0 Å². The molecule has 0 radical (unpaired) electrons. The second-order valence-corrected chi connectivity index (χ2v) is 4.65. The van der Waals surface area contributed by atoms with Gasteiger partial charge in [-0.15, -0.1) is 0 Å². The third-order valence-corrected chi connectivity index (χ3v) is 3.05. The number of carbonyl (C=O) groups is 2. The van der Waals surface area contributed by atoms with E-state index >= 15 is 0 Å². The van der Waals surface area contributed by atoms with Crippen LogP contribution in [-0.4, -0.2) is 18.4 Å². The van der Waals surface area contributed by atoms with Crippen molar-refractivity contribution < 1.29 is 14.3 Å². The third kappa shape index (κ3) is 2.47. The highest BCUT2D eigenvalue weighted by atomic mass is 79.9. The molecule has 1 aliphatic rings. The van der Waals surface area contributed by atoms with Crippen LogP contribution >= 0.6 is 15.9 Å². The minimum Gasteiger partial charge on any atom is -0.463 e. The molecule has 0 aromatic heterocycles. The predicted octanol–water partition coefficient (Wildman–Crippen LogP) is 2.68. The van der Waals surface area contributed by atoms with Crippen molar-refractivity contribution in [3.05, 3.63) is 45.4 Å². The number of halogens is 1. The van der Waals surface area contributed by atoms with Gasteiger partial charge in [-0.05, 0) is 30.7 Å². The maximum atomic E-state index is 11.9. The summed E-state index contributed by atoms with van der Waals surface area (Å²) in [5.74, 6) is -0.551. The summed E-state index contributed by atoms with van der Waals surface area (Å²) in [6.07, 6.45) is 1.82. The van der Waals surface area contributed by atoms with Crippen LogP contribution in [0, 0.1) is 0 Å². The monoisotopic (exact) mass is 294 g/mol. The van der Waals surface area contributed by atoms with Crippen molar-refractivity contribution in [3.8, 4) is 0 Å². The summed E-state index contributed by atoms with van der Waals surface area (Å²) in [6, 6.07) is 5.49. The highest BCUT2D eigenvalue weighted by Crippen LogP contribution is 2.25. The average Bonchev–Trinajstić information content (AvgIpc) is 2.30. The third-order valence-electron chi connectivity index (χ3n) is 2.56. The Morgan fingerprint density at radius 3 is 2.94 bits per heavy atom. The van der Waals surface area contributed by atoms with E-state index in [0.717, 1.165) is 10.0 Å². The normalized spacial score (nSPS) is 14.0. The van der Waals surface area contributed by atoms with Crippen LogP contribution in [0.15, 0.2) is 34.3 Å². The first-order valence-corrected chi connectivity index (χ1v) is 6.11. The van der Waals surface area contributed by atoms with Crippen molar-refractivity contribution in [2.75, 3.05) is 6.61 Å². The van der Waals surface area contributed by atoms with Gasteiger partial charge >= 0.3 is 5.97 Å². The summed E-state index contributed by atoms with van der Waals surface area (Å²) in [5, 5.41) is 0. The van der Waals surface area contributed by atoms with Crippen molar-refractivity contribution >= 4 is 27.7 Å². The van der Waals surface area contributed by atoms with Crippen LogP contribution in [0.4, 0.5) is 0 Å². The molecule has 0 unspecified atom stereocenters. The van der Waals surface area contributed by atoms with Crippen LogP contribution in [0.5, 0.6) is 0 Å². The standard InChI is InChI=1S/C13H11BrO3/c1-2-17-13(16)9-5-8-3-4-10(14)7-11(8)12(15)6-9/h3-4,6-7H,2,5H2,1H3. The smallest absolute Gasteiger partial charge is 0.334 e. The number of esters is 1. The molecule has 0 atom stereocenters. The van der Waals surface area contributed by atoms with Crippen molar-refractivity contribution in [1.29, 1.82) is 0 Å². The van der Waals surface area contributed by atoms with Crippen LogP contribution < -0.4 is 0 Å². The van der Waals surface area contributed by atoms with Gasteiger partial charge in [-0.3, -0.25) is 4.79 Å². The highest BCUT2D eigenvalue weighted by molar-refractivity contribution is 9.10. The van der Waals surface area contributed by atoms with Gasteiger partial charge in [0.25, 0.3) is 0 Å². The Bertz CT molecular complexity index is 517. The Labute approximate surface area is 108 Å². The number of carbonyl (C=O) groups excluding carboxylic acids is 2. The van der Waals surface area contributed by atoms with E-state index in [1.54, 1.807) is 13.0 Å². The molecule has 3 nitrogen and oxygen atoms in total. The lowest BCUT2D eigenvalue weighted by Crippen LogP contribution is -2.17. The first-order chi connectivity index (χ1) is 8.11. The summed E-state index contributed by atoms with van der Waals surface area (Å²) < 4.78 is 5.76. The topological polar surface area (TPSA) is 43.4 Å². The van der Waals surface area contributed by atoms with Gasteiger partial charge < -0.3 is 4.74 Å². The molecule has 0 amide bonds. The van der Waals surface area contributed by atoms with Gasteiger partial charge in [-0.2, -0.15) is 0 Å². The van der Waals surface area contributed by atoms with Crippen LogP contribution in [0.3, 0.4) is 0 Å². The van der Waals surface area contributed by atoms with Crippen LogP contribution in [0.25, 0.3) is 0 Å². The van der Waals surface area contributed by atoms with E-state index in [-0.39, 0.29) is 5.78 Å². The Kier molecular flexibility index (Phi) is 3.43. The van der Waals surface area contributed by atoms with Gasteiger partial charge in [0.2, 0.25) is 0 Å². The van der Waals surface area contributed by atoms with E-state index in [4.69, 9.17) is 4.74 Å². The van der Waals surface area contributed by atoms with E-state index < -0.39 is 5.97 Å². The molecule has 0 spiro atoms. The maximum absolute atomic E-state index is 11.9. The van der Waals surface area contributed by atoms with Gasteiger partial charge in [0, 0.05) is 22.0 Å². The lowest BCUT2D eigenvalue weighted by atomic mass is 9.91. The van der Waals surface area contributed by atoms with Crippen LogP contribution in [-0.2, 0) is 16.0 Å². The first-order valence-electron chi connectivity index (χ1n) is 5.32. The van der Waals surface area contributed by atoms with Crippen molar-refractivity contribution in [2.45, 2.75) is 13.3 Å². The fourth-order valence-corrected chi connectivity index (χ4v) is 2.14. The molecule has 17 heavy (non-hydrogen) atoms. The molecule has 0 heterocycles. The second kappa shape index (κ2) is 4.84. The zero-order chi connectivity index (χ0) is 12.4. The van der Waals surface area contributed by atoms with E-state index in [0.29, 0.717) is 24.2 Å². The molecule has 0 bridgehead atoms. The molecule has 0 saturated heterocycles. The molecule has 0 aliphatic heterocycles. The molecule has 1 aromatic carbocycles. The first kappa shape index (κ1) is 12.0. The lowest BCUT2D eigenvalue weighted by molar-refractivity contribution is -0.138. The molecular formula is C13H11BrO3. The van der Waals surface area contributed by atoms with Gasteiger partial charge in [0.1, 0.15) is 0 Å².